The van der Waals surface area contributed by atoms with E-state index in [9.17, 15) is 17.6 Å². The molecule has 1 nitrogen and oxygen atoms in total. The average molecular weight is 200 g/mol. The summed E-state index contributed by atoms with van der Waals surface area (Å²) in [5.41, 5.74) is -1.07. The fourth-order valence-electron chi connectivity index (χ4n) is 0.661. The Kier molecular flexibility index (Phi) is 2.52. The van der Waals surface area contributed by atoms with Crippen LogP contribution in [0.5, 0.6) is 0 Å². The van der Waals surface area contributed by atoms with Gasteiger partial charge in [-0.15, -0.1) is 0 Å². The van der Waals surface area contributed by atoms with Crippen molar-refractivity contribution in [2.75, 3.05) is 0 Å². The third-order valence-corrected chi connectivity index (χ3v) is 1.44. The number of rotatable bonds is 1. The van der Waals surface area contributed by atoms with E-state index < -0.39 is 28.9 Å². The third-order valence-electron chi connectivity index (χ3n) is 1.15. The molecule has 1 aromatic rings. The first-order valence-corrected chi connectivity index (χ1v) is 3.19. The molecule has 6 heteroatoms. The number of nitrogens with zero attached hydrogens (tertiary/aromatic N) is 1. The lowest BCUT2D eigenvalue weighted by molar-refractivity contribution is 0.145. The van der Waals surface area contributed by atoms with Gasteiger partial charge in [0.05, 0.1) is 5.56 Å². The van der Waals surface area contributed by atoms with Crippen molar-refractivity contribution < 1.29 is 17.6 Å². The first-order chi connectivity index (χ1) is 5.52. The lowest BCUT2D eigenvalue weighted by atomic mass is 10.3. The van der Waals surface area contributed by atoms with Crippen molar-refractivity contribution in [1.82, 2.24) is 4.98 Å². The monoisotopic (exact) mass is 199 g/mol. The fraction of sp³-hybridized carbons (Fsp3) is 0.167. The van der Waals surface area contributed by atoms with Crippen LogP contribution in [-0.2, 0) is 0 Å². The highest BCUT2D eigenvalue weighted by atomic mass is 35.5. The van der Waals surface area contributed by atoms with Crippen LogP contribution in [0.4, 0.5) is 17.6 Å². The zero-order valence-corrected chi connectivity index (χ0v) is 6.25. The Bertz CT molecular complexity index is 279. The Morgan fingerprint density at radius 3 is 2.33 bits per heavy atom. The van der Waals surface area contributed by atoms with Crippen molar-refractivity contribution in [2.45, 2.75) is 6.43 Å². The van der Waals surface area contributed by atoms with Crippen LogP contribution in [-0.4, -0.2) is 4.98 Å². The summed E-state index contributed by atoms with van der Waals surface area (Å²) in [4.78, 5) is 2.83. The van der Waals surface area contributed by atoms with Crippen molar-refractivity contribution in [3.05, 3.63) is 28.5 Å². The summed E-state index contributed by atoms with van der Waals surface area (Å²) in [6.45, 7) is 0. The molecule has 0 saturated carbocycles. The quantitative estimate of drug-likeness (QED) is 0.501. The van der Waals surface area contributed by atoms with Crippen LogP contribution in [0, 0.1) is 11.8 Å². The minimum Gasteiger partial charge on any atom is -0.207 e. The Hall–Kier alpha value is -0.840. The standard InChI is InChI=1S/C6H2ClF4N/c7-5-4(6(10)11)2(8)1-3(9)12-5/h1,6H. The minimum absolute atomic E-state index is 0.257. The van der Waals surface area contributed by atoms with Gasteiger partial charge in [0.25, 0.3) is 6.43 Å². The minimum atomic E-state index is -3.09. The molecule has 1 rings (SSSR count). The lowest BCUT2D eigenvalue weighted by Crippen LogP contribution is -1.97. The highest BCUT2D eigenvalue weighted by Gasteiger charge is 2.19. The summed E-state index contributed by atoms with van der Waals surface area (Å²) in [6.07, 6.45) is -3.09. The lowest BCUT2D eigenvalue weighted by Gasteiger charge is -2.02. The maximum absolute atomic E-state index is 12.5. The molecule has 0 aliphatic carbocycles. The van der Waals surface area contributed by atoms with E-state index in [2.05, 4.69) is 4.98 Å². The summed E-state index contributed by atoms with van der Waals surface area (Å²) < 4.78 is 48.6. The van der Waals surface area contributed by atoms with E-state index in [0.29, 0.717) is 0 Å². The van der Waals surface area contributed by atoms with E-state index in [0.717, 1.165) is 0 Å². The molecule has 0 fully saturated rings. The van der Waals surface area contributed by atoms with Gasteiger partial charge in [-0.3, -0.25) is 0 Å². The van der Waals surface area contributed by atoms with Gasteiger partial charge in [0.15, 0.2) is 0 Å². The van der Waals surface area contributed by atoms with Gasteiger partial charge in [0, 0.05) is 6.07 Å². The van der Waals surface area contributed by atoms with Crippen LogP contribution in [0.15, 0.2) is 6.07 Å². The molecule has 0 amide bonds. The van der Waals surface area contributed by atoms with Crippen molar-refractivity contribution in [2.24, 2.45) is 0 Å². The molecule has 1 heterocycles. The molecule has 12 heavy (non-hydrogen) atoms. The number of hydrogen-bond acceptors (Lipinski definition) is 1. The van der Waals surface area contributed by atoms with E-state index in [1.165, 1.54) is 0 Å². The Morgan fingerprint density at radius 1 is 1.33 bits per heavy atom. The molecule has 0 bridgehead atoms. The van der Waals surface area contributed by atoms with Crippen molar-refractivity contribution in [3.63, 3.8) is 0 Å². The Morgan fingerprint density at radius 2 is 1.92 bits per heavy atom. The molecule has 0 aliphatic heterocycles. The fourth-order valence-corrected chi connectivity index (χ4v) is 0.915. The predicted molar refractivity (Wildman–Crippen MR) is 34.1 cm³/mol. The molecule has 0 aromatic carbocycles. The van der Waals surface area contributed by atoms with Crippen LogP contribution < -0.4 is 0 Å². The summed E-state index contributed by atoms with van der Waals surface area (Å²) in [5.74, 6) is -2.61. The topological polar surface area (TPSA) is 12.9 Å². The number of aromatic nitrogens is 1. The van der Waals surface area contributed by atoms with Crippen LogP contribution >= 0.6 is 11.6 Å². The van der Waals surface area contributed by atoms with Gasteiger partial charge in [-0.25, -0.2) is 18.2 Å². The molecule has 0 atom stereocenters. The second-order valence-corrected chi connectivity index (χ2v) is 2.29. The first kappa shape index (κ1) is 9.25. The molecule has 0 aliphatic rings. The normalized spacial score (nSPS) is 10.8. The zero-order chi connectivity index (χ0) is 9.30. The zero-order valence-electron chi connectivity index (χ0n) is 5.49. The maximum Gasteiger partial charge on any atom is 0.269 e. The Labute approximate surface area is 70.0 Å². The molecule has 0 saturated heterocycles. The second-order valence-electron chi connectivity index (χ2n) is 1.93. The van der Waals surface area contributed by atoms with E-state index in [-0.39, 0.29) is 6.07 Å². The summed E-state index contributed by atoms with van der Waals surface area (Å²) in [5, 5.41) is -0.845. The van der Waals surface area contributed by atoms with Gasteiger partial charge in [-0.05, 0) is 0 Å². The molecule has 0 unspecified atom stereocenters. The molecule has 0 spiro atoms. The number of alkyl halides is 2. The predicted octanol–water partition coefficient (Wildman–Crippen LogP) is 2.95. The smallest absolute Gasteiger partial charge is 0.207 e. The number of hydrogen-bond donors (Lipinski definition) is 0. The van der Waals surface area contributed by atoms with Gasteiger partial charge in [-0.2, -0.15) is 4.39 Å². The third kappa shape index (κ3) is 1.66. The Balaban J connectivity index is 3.28. The van der Waals surface area contributed by atoms with E-state index >= 15 is 0 Å². The molecule has 66 valence electrons. The SMILES string of the molecule is Fc1cc(F)c(C(F)F)c(Cl)n1. The van der Waals surface area contributed by atoms with Gasteiger partial charge in [0.1, 0.15) is 11.0 Å². The van der Waals surface area contributed by atoms with E-state index in [4.69, 9.17) is 11.6 Å². The van der Waals surface area contributed by atoms with Crippen LogP contribution in [0.25, 0.3) is 0 Å². The van der Waals surface area contributed by atoms with Crippen molar-refractivity contribution in [1.29, 1.82) is 0 Å². The van der Waals surface area contributed by atoms with Gasteiger partial charge in [-0.1, -0.05) is 11.6 Å². The van der Waals surface area contributed by atoms with Gasteiger partial charge < -0.3 is 0 Å². The van der Waals surface area contributed by atoms with Crippen LogP contribution in [0.3, 0.4) is 0 Å². The molecular formula is C6H2ClF4N. The molecule has 1 aromatic heterocycles. The largest absolute Gasteiger partial charge is 0.269 e. The van der Waals surface area contributed by atoms with Crippen LogP contribution in [0.1, 0.15) is 12.0 Å². The molecule has 0 N–H and O–H groups in total. The summed E-state index contributed by atoms with van der Waals surface area (Å²) in [7, 11) is 0. The summed E-state index contributed by atoms with van der Waals surface area (Å²) in [6, 6.07) is 0.257. The second kappa shape index (κ2) is 3.26. The highest BCUT2D eigenvalue weighted by Crippen LogP contribution is 2.27. The van der Waals surface area contributed by atoms with Gasteiger partial charge >= 0.3 is 0 Å². The first-order valence-electron chi connectivity index (χ1n) is 2.82. The number of halogens is 5. The van der Waals surface area contributed by atoms with Crippen molar-refractivity contribution >= 4 is 11.6 Å². The van der Waals surface area contributed by atoms with Gasteiger partial charge in [0.2, 0.25) is 5.95 Å². The highest BCUT2D eigenvalue weighted by molar-refractivity contribution is 6.30. The molecule has 0 radical (unpaired) electrons. The van der Waals surface area contributed by atoms with Crippen LogP contribution in [0.2, 0.25) is 5.15 Å². The average Bonchev–Trinajstić information content (AvgIpc) is 1.82. The van der Waals surface area contributed by atoms with Crippen molar-refractivity contribution in [3.8, 4) is 0 Å². The van der Waals surface area contributed by atoms with E-state index in [1.807, 2.05) is 0 Å². The maximum atomic E-state index is 12.5. The number of pyridine rings is 1. The summed E-state index contributed by atoms with van der Waals surface area (Å²) >= 11 is 5.06. The molecular weight excluding hydrogens is 198 g/mol. The van der Waals surface area contributed by atoms with E-state index in [1.54, 1.807) is 0 Å².